The van der Waals surface area contributed by atoms with E-state index in [1.165, 1.54) is 11.3 Å². The Morgan fingerprint density at radius 2 is 1.63 bits per heavy atom. The van der Waals surface area contributed by atoms with Gasteiger partial charge in [-0.05, 0) is 19.9 Å². The number of nitrogens with one attached hydrogen (secondary N) is 1. The summed E-state index contributed by atoms with van der Waals surface area (Å²) in [6.07, 6.45) is 1.77. The molecular formula is C23H20N4O2S. The maximum atomic E-state index is 13.1. The van der Waals surface area contributed by atoms with Crippen LogP contribution in [0.2, 0.25) is 0 Å². The molecule has 0 atom stereocenters. The van der Waals surface area contributed by atoms with Gasteiger partial charge in [0.25, 0.3) is 5.91 Å². The number of carbonyl (C=O) groups excluding carboxylic acids is 2. The molecule has 2 aromatic carbocycles. The molecule has 30 heavy (non-hydrogen) atoms. The number of aromatic nitrogens is 3. The third-order valence-corrected chi connectivity index (χ3v) is 5.48. The lowest BCUT2D eigenvalue weighted by Gasteiger charge is -2.03. The van der Waals surface area contributed by atoms with Gasteiger partial charge < -0.3 is 0 Å². The summed E-state index contributed by atoms with van der Waals surface area (Å²) in [7, 11) is 0. The first-order valence-electron chi connectivity index (χ1n) is 9.55. The average molecular weight is 417 g/mol. The van der Waals surface area contributed by atoms with Crippen molar-refractivity contribution in [3.63, 3.8) is 0 Å². The first-order valence-corrected chi connectivity index (χ1v) is 10.4. The molecule has 2 aromatic heterocycles. The molecule has 0 fully saturated rings. The molecule has 4 rings (SSSR count). The van der Waals surface area contributed by atoms with E-state index >= 15 is 0 Å². The van der Waals surface area contributed by atoms with Crippen molar-refractivity contribution >= 4 is 28.2 Å². The third-order valence-electron chi connectivity index (χ3n) is 4.51. The molecule has 2 heterocycles. The molecule has 0 unspecified atom stereocenters. The van der Waals surface area contributed by atoms with Crippen molar-refractivity contribution in [2.24, 2.45) is 0 Å². The van der Waals surface area contributed by atoms with Crippen LogP contribution in [-0.2, 0) is 0 Å². The Bertz CT molecular complexity index is 1180. The molecule has 0 aliphatic heterocycles. The molecule has 0 aliphatic rings. The number of hydrogen-bond donors (Lipinski definition) is 1. The summed E-state index contributed by atoms with van der Waals surface area (Å²) in [5.41, 5.74) is 2.25. The molecule has 1 N–H and O–H groups in total. The Hall–Kier alpha value is -3.58. The van der Waals surface area contributed by atoms with E-state index in [1.54, 1.807) is 29.1 Å². The average Bonchev–Trinajstić information content (AvgIpc) is 3.42. The van der Waals surface area contributed by atoms with Gasteiger partial charge in [-0.15, -0.1) is 0 Å². The SMILES string of the molecule is CC(C)n1ccc(C(=O)Nc2nc(-c3ccccc3)c(C(=O)c3ccccc3)s2)n1. The standard InChI is InChI=1S/C23H20N4O2S/c1-15(2)27-14-13-18(26-27)22(29)25-23-24-19(16-9-5-3-6-10-16)21(30-23)20(28)17-11-7-4-8-12-17/h3-15H,1-2H3,(H,24,25,29). The van der Waals surface area contributed by atoms with Crippen LogP contribution in [0.1, 0.15) is 45.6 Å². The van der Waals surface area contributed by atoms with Crippen LogP contribution in [-0.4, -0.2) is 26.5 Å². The van der Waals surface area contributed by atoms with Gasteiger partial charge in [-0.25, -0.2) is 4.98 Å². The molecule has 4 aromatic rings. The molecule has 0 radical (unpaired) electrons. The van der Waals surface area contributed by atoms with Crippen molar-refractivity contribution in [2.45, 2.75) is 19.9 Å². The van der Waals surface area contributed by atoms with Crippen LogP contribution in [0, 0.1) is 0 Å². The minimum atomic E-state index is -0.360. The van der Waals surface area contributed by atoms with Gasteiger partial charge in [0.2, 0.25) is 5.78 Å². The highest BCUT2D eigenvalue weighted by molar-refractivity contribution is 7.18. The Balaban J connectivity index is 1.68. The number of thiazole rings is 1. The van der Waals surface area contributed by atoms with Crippen LogP contribution < -0.4 is 5.32 Å². The van der Waals surface area contributed by atoms with Crippen LogP contribution in [0.15, 0.2) is 72.9 Å². The number of nitrogens with zero attached hydrogens (tertiary/aromatic N) is 3. The molecule has 0 saturated carbocycles. The maximum Gasteiger partial charge on any atom is 0.277 e. The Kier molecular flexibility index (Phi) is 5.54. The highest BCUT2D eigenvalue weighted by Crippen LogP contribution is 2.33. The van der Waals surface area contributed by atoms with Crippen LogP contribution in [0.3, 0.4) is 0 Å². The second-order valence-electron chi connectivity index (χ2n) is 6.99. The van der Waals surface area contributed by atoms with Crippen LogP contribution in [0.25, 0.3) is 11.3 Å². The van der Waals surface area contributed by atoms with E-state index in [0.717, 1.165) is 5.56 Å². The molecular weight excluding hydrogens is 396 g/mol. The van der Waals surface area contributed by atoms with Crippen molar-refractivity contribution < 1.29 is 9.59 Å². The number of rotatable bonds is 6. The summed E-state index contributed by atoms with van der Waals surface area (Å²) < 4.78 is 1.72. The van der Waals surface area contributed by atoms with Crippen LogP contribution >= 0.6 is 11.3 Å². The molecule has 6 nitrogen and oxygen atoms in total. The number of amides is 1. The zero-order valence-electron chi connectivity index (χ0n) is 16.6. The van der Waals surface area contributed by atoms with Gasteiger partial charge in [0.1, 0.15) is 4.88 Å². The quantitative estimate of drug-likeness (QED) is 0.445. The Labute approximate surface area is 178 Å². The Morgan fingerprint density at radius 3 is 2.27 bits per heavy atom. The smallest absolute Gasteiger partial charge is 0.277 e. The minimum Gasteiger partial charge on any atom is -0.296 e. The molecule has 150 valence electrons. The number of anilines is 1. The zero-order chi connectivity index (χ0) is 21.1. The fraction of sp³-hybridized carbons (Fsp3) is 0.130. The van der Waals surface area contributed by atoms with Crippen LogP contribution in [0.5, 0.6) is 0 Å². The topological polar surface area (TPSA) is 76.9 Å². The van der Waals surface area contributed by atoms with Crippen molar-refractivity contribution in [1.29, 1.82) is 0 Å². The van der Waals surface area contributed by atoms with Gasteiger partial charge in [-0.3, -0.25) is 19.6 Å². The third kappa shape index (κ3) is 4.06. The highest BCUT2D eigenvalue weighted by atomic mass is 32.1. The van der Waals surface area contributed by atoms with E-state index < -0.39 is 0 Å². The minimum absolute atomic E-state index is 0.128. The van der Waals surface area contributed by atoms with E-state index in [4.69, 9.17) is 0 Å². The van der Waals surface area contributed by atoms with Crippen molar-refractivity contribution in [3.8, 4) is 11.3 Å². The highest BCUT2D eigenvalue weighted by Gasteiger charge is 2.22. The van der Waals surface area contributed by atoms with Crippen molar-refractivity contribution in [3.05, 3.63) is 89.1 Å². The molecule has 0 spiro atoms. The van der Waals surface area contributed by atoms with E-state index in [0.29, 0.717) is 27.0 Å². The molecule has 0 aliphatic carbocycles. The summed E-state index contributed by atoms with van der Waals surface area (Å²) in [5.74, 6) is -0.488. The summed E-state index contributed by atoms with van der Waals surface area (Å²) in [6.45, 7) is 3.98. The van der Waals surface area contributed by atoms with Crippen LogP contribution in [0.4, 0.5) is 5.13 Å². The molecule has 0 bridgehead atoms. The molecule has 0 saturated heterocycles. The normalized spacial score (nSPS) is 10.9. The number of benzene rings is 2. The summed E-state index contributed by atoms with van der Waals surface area (Å²) in [5, 5.41) is 7.44. The fourth-order valence-electron chi connectivity index (χ4n) is 2.95. The van der Waals surface area contributed by atoms with Gasteiger partial charge in [0.15, 0.2) is 10.8 Å². The summed E-state index contributed by atoms with van der Waals surface area (Å²) >= 11 is 1.17. The van der Waals surface area contributed by atoms with Gasteiger partial charge >= 0.3 is 0 Å². The van der Waals surface area contributed by atoms with E-state index in [9.17, 15) is 9.59 Å². The monoisotopic (exact) mass is 416 g/mol. The van der Waals surface area contributed by atoms with E-state index in [-0.39, 0.29) is 17.7 Å². The lowest BCUT2D eigenvalue weighted by Crippen LogP contribution is -2.13. The fourth-order valence-corrected chi connectivity index (χ4v) is 3.89. The second kappa shape index (κ2) is 8.42. The summed E-state index contributed by atoms with van der Waals surface area (Å²) in [4.78, 5) is 30.8. The second-order valence-corrected chi connectivity index (χ2v) is 7.99. The first-order chi connectivity index (χ1) is 14.5. The number of ketones is 1. The van der Waals surface area contributed by atoms with Gasteiger partial charge in [-0.1, -0.05) is 72.0 Å². The van der Waals surface area contributed by atoms with Crippen molar-refractivity contribution in [1.82, 2.24) is 14.8 Å². The Morgan fingerprint density at radius 1 is 0.967 bits per heavy atom. The maximum absolute atomic E-state index is 13.1. The summed E-state index contributed by atoms with van der Waals surface area (Å²) in [6, 6.07) is 20.4. The van der Waals surface area contributed by atoms with Gasteiger partial charge in [0.05, 0.1) is 5.69 Å². The lowest BCUT2D eigenvalue weighted by atomic mass is 10.1. The molecule has 1 amide bonds. The largest absolute Gasteiger partial charge is 0.296 e. The number of hydrogen-bond acceptors (Lipinski definition) is 5. The van der Waals surface area contributed by atoms with Gasteiger partial charge in [0, 0.05) is 23.4 Å². The zero-order valence-corrected chi connectivity index (χ0v) is 17.4. The lowest BCUT2D eigenvalue weighted by molar-refractivity contribution is 0.101. The van der Waals surface area contributed by atoms with E-state index in [1.807, 2.05) is 62.4 Å². The molecule has 7 heteroatoms. The first kappa shape index (κ1) is 19.7. The van der Waals surface area contributed by atoms with E-state index in [2.05, 4.69) is 15.4 Å². The number of carbonyl (C=O) groups is 2. The van der Waals surface area contributed by atoms with Crippen molar-refractivity contribution in [2.75, 3.05) is 5.32 Å². The van der Waals surface area contributed by atoms with Gasteiger partial charge in [-0.2, -0.15) is 5.10 Å². The predicted molar refractivity (Wildman–Crippen MR) is 118 cm³/mol. The predicted octanol–water partition coefficient (Wildman–Crippen LogP) is 5.07.